The van der Waals surface area contributed by atoms with Crippen LogP contribution < -0.4 is 10.6 Å². The number of nitrogens with zero attached hydrogens (tertiary/aromatic N) is 3. The fourth-order valence-corrected chi connectivity index (χ4v) is 4.21. The van der Waals surface area contributed by atoms with Gasteiger partial charge in [-0.1, -0.05) is 30.1 Å². The second kappa shape index (κ2) is 9.34. The van der Waals surface area contributed by atoms with Crippen molar-refractivity contribution < 1.29 is 18.5 Å². The van der Waals surface area contributed by atoms with Crippen LogP contribution in [0, 0.1) is 5.82 Å². The third-order valence-corrected chi connectivity index (χ3v) is 5.69. The Morgan fingerprint density at radius 2 is 2.03 bits per heavy atom. The molecule has 1 aliphatic heterocycles. The van der Waals surface area contributed by atoms with Crippen LogP contribution in [0.15, 0.2) is 28.8 Å². The molecule has 1 saturated heterocycles. The number of hydrogen-bond donors (Lipinski definition) is 2. The van der Waals surface area contributed by atoms with Gasteiger partial charge in [-0.05, 0) is 44.4 Å². The molecular weight excluding hydrogens is 389 g/mol. The molecular formula is C21H26FN5O3. The van der Waals surface area contributed by atoms with Crippen molar-refractivity contribution in [3.8, 4) is 11.4 Å². The summed E-state index contributed by atoms with van der Waals surface area (Å²) in [5.41, 5.74) is 0.560. The molecule has 0 spiro atoms. The number of piperidine rings is 1. The fourth-order valence-electron chi connectivity index (χ4n) is 4.21. The lowest BCUT2D eigenvalue weighted by Crippen LogP contribution is -2.48. The smallest absolute Gasteiger partial charge is 0.321 e. The van der Waals surface area contributed by atoms with Gasteiger partial charge < -0.3 is 9.84 Å². The van der Waals surface area contributed by atoms with Gasteiger partial charge in [-0.3, -0.25) is 15.0 Å². The number of hydrogen-bond acceptors (Lipinski definition) is 6. The molecule has 0 radical (unpaired) electrons. The van der Waals surface area contributed by atoms with E-state index in [1.807, 2.05) is 4.90 Å². The average molecular weight is 415 g/mol. The number of urea groups is 1. The topological polar surface area (TPSA) is 100 Å². The summed E-state index contributed by atoms with van der Waals surface area (Å²) < 4.78 is 18.8. The van der Waals surface area contributed by atoms with Crippen molar-refractivity contribution in [2.75, 3.05) is 19.6 Å². The quantitative estimate of drug-likeness (QED) is 0.779. The molecule has 8 nitrogen and oxygen atoms in total. The Morgan fingerprint density at radius 3 is 2.83 bits per heavy atom. The van der Waals surface area contributed by atoms with Crippen LogP contribution >= 0.6 is 0 Å². The Kier molecular flexibility index (Phi) is 6.37. The van der Waals surface area contributed by atoms with E-state index in [9.17, 15) is 14.0 Å². The maximum absolute atomic E-state index is 13.4. The molecule has 1 aromatic carbocycles. The molecule has 4 rings (SSSR count). The number of likely N-dealkylation sites (tertiary alicyclic amines) is 1. The first-order valence-electron chi connectivity index (χ1n) is 10.5. The second-order valence-corrected chi connectivity index (χ2v) is 8.04. The first kappa shape index (κ1) is 20.5. The normalized spacial score (nSPS) is 20.2. The third kappa shape index (κ3) is 5.21. The lowest BCUT2D eigenvalue weighted by molar-refractivity contribution is -0.121. The molecule has 1 unspecified atom stereocenters. The Hall–Kier alpha value is -2.81. The zero-order chi connectivity index (χ0) is 20.9. The molecule has 1 aromatic heterocycles. The number of nitrogens with one attached hydrogen (secondary N) is 2. The molecule has 0 bridgehead atoms. The minimum Gasteiger partial charge on any atom is -0.339 e. The number of imide groups is 1. The molecule has 2 N–H and O–H groups in total. The summed E-state index contributed by atoms with van der Waals surface area (Å²) in [4.78, 5) is 30.6. The van der Waals surface area contributed by atoms with Crippen LogP contribution in [0.4, 0.5) is 9.18 Å². The van der Waals surface area contributed by atoms with Gasteiger partial charge in [0.05, 0.1) is 12.5 Å². The summed E-state index contributed by atoms with van der Waals surface area (Å²) >= 11 is 0. The maximum atomic E-state index is 13.4. The number of carbonyl (C=O) groups excluding carboxylic acids is 2. The number of aromatic nitrogens is 2. The molecule has 2 fully saturated rings. The van der Waals surface area contributed by atoms with E-state index in [0.29, 0.717) is 23.8 Å². The second-order valence-electron chi connectivity index (χ2n) is 8.04. The number of halogens is 1. The van der Waals surface area contributed by atoms with E-state index >= 15 is 0 Å². The van der Waals surface area contributed by atoms with Gasteiger partial charge in [0.2, 0.25) is 17.6 Å². The van der Waals surface area contributed by atoms with Crippen LogP contribution in [-0.2, 0) is 4.79 Å². The average Bonchev–Trinajstić information content (AvgIpc) is 3.40. The highest BCUT2D eigenvalue weighted by Crippen LogP contribution is 2.27. The van der Waals surface area contributed by atoms with E-state index in [4.69, 9.17) is 4.52 Å². The monoisotopic (exact) mass is 415 g/mol. The van der Waals surface area contributed by atoms with Crippen LogP contribution in [0.25, 0.3) is 11.4 Å². The molecule has 30 heavy (non-hydrogen) atoms. The van der Waals surface area contributed by atoms with Crippen molar-refractivity contribution in [3.63, 3.8) is 0 Å². The zero-order valence-electron chi connectivity index (χ0n) is 16.8. The summed E-state index contributed by atoms with van der Waals surface area (Å²) in [6.45, 7) is 1.49. The van der Waals surface area contributed by atoms with Crippen molar-refractivity contribution in [2.24, 2.45) is 0 Å². The lowest BCUT2D eigenvalue weighted by Gasteiger charge is -2.30. The highest BCUT2D eigenvalue weighted by molar-refractivity contribution is 5.95. The maximum Gasteiger partial charge on any atom is 0.321 e. The SMILES string of the molecule is O=C(CN1CCCC(c2nc(-c3cccc(F)c3)no2)C1)NC(=O)NC1CCCC1. The lowest BCUT2D eigenvalue weighted by atomic mass is 9.98. The van der Waals surface area contributed by atoms with E-state index in [2.05, 4.69) is 20.8 Å². The number of amides is 3. The van der Waals surface area contributed by atoms with Gasteiger partial charge in [-0.25, -0.2) is 9.18 Å². The molecule has 1 aliphatic carbocycles. The Balaban J connectivity index is 1.30. The molecule has 2 aliphatic rings. The van der Waals surface area contributed by atoms with Gasteiger partial charge in [0.1, 0.15) is 5.82 Å². The fraction of sp³-hybridized carbons (Fsp3) is 0.524. The minimum absolute atomic E-state index is 0.00586. The van der Waals surface area contributed by atoms with E-state index < -0.39 is 6.03 Å². The molecule has 160 valence electrons. The van der Waals surface area contributed by atoms with Crippen molar-refractivity contribution in [1.82, 2.24) is 25.7 Å². The Bertz CT molecular complexity index is 896. The molecule has 1 saturated carbocycles. The Labute approximate surface area is 174 Å². The number of rotatable bonds is 5. The standard InChI is InChI=1S/C21H26FN5O3/c22-16-7-3-5-14(11-16)19-25-20(30-26-19)15-6-4-10-27(12-15)13-18(28)24-21(29)23-17-8-1-2-9-17/h3,5,7,11,15,17H,1-2,4,6,8-10,12-13H2,(H2,23,24,28,29). The molecule has 1 atom stereocenters. The van der Waals surface area contributed by atoms with Crippen molar-refractivity contribution >= 4 is 11.9 Å². The van der Waals surface area contributed by atoms with Crippen molar-refractivity contribution in [2.45, 2.75) is 50.5 Å². The Morgan fingerprint density at radius 1 is 1.20 bits per heavy atom. The largest absolute Gasteiger partial charge is 0.339 e. The third-order valence-electron chi connectivity index (χ3n) is 5.69. The summed E-state index contributed by atoms with van der Waals surface area (Å²) in [6.07, 6.45) is 5.92. The summed E-state index contributed by atoms with van der Waals surface area (Å²) in [7, 11) is 0. The first-order valence-corrected chi connectivity index (χ1v) is 10.5. The van der Waals surface area contributed by atoms with Crippen LogP contribution in [-0.4, -0.2) is 52.7 Å². The van der Waals surface area contributed by atoms with Crippen molar-refractivity contribution in [3.05, 3.63) is 36.0 Å². The van der Waals surface area contributed by atoms with Crippen LogP contribution in [0.2, 0.25) is 0 Å². The summed E-state index contributed by atoms with van der Waals surface area (Å²) in [5.74, 6) is 0.151. The van der Waals surface area contributed by atoms with Gasteiger partial charge in [0.25, 0.3) is 0 Å². The highest BCUT2D eigenvalue weighted by Gasteiger charge is 2.28. The predicted molar refractivity (Wildman–Crippen MR) is 107 cm³/mol. The van der Waals surface area contributed by atoms with Crippen LogP contribution in [0.5, 0.6) is 0 Å². The van der Waals surface area contributed by atoms with Gasteiger partial charge in [-0.15, -0.1) is 0 Å². The predicted octanol–water partition coefficient (Wildman–Crippen LogP) is 2.82. The van der Waals surface area contributed by atoms with Gasteiger partial charge in [-0.2, -0.15) is 4.98 Å². The molecule has 2 aromatic rings. The number of benzene rings is 1. The first-order chi connectivity index (χ1) is 14.6. The molecule has 2 heterocycles. The van der Waals surface area contributed by atoms with Gasteiger partial charge in [0.15, 0.2) is 0 Å². The van der Waals surface area contributed by atoms with E-state index in [0.717, 1.165) is 45.1 Å². The molecule has 9 heteroatoms. The van der Waals surface area contributed by atoms with Gasteiger partial charge in [0, 0.05) is 18.2 Å². The highest BCUT2D eigenvalue weighted by atomic mass is 19.1. The zero-order valence-corrected chi connectivity index (χ0v) is 16.8. The van der Waals surface area contributed by atoms with Gasteiger partial charge >= 0.3 is 6.03 Å². The van der Waals surface area contributed by atoms with Crippen molar-refractivity contribution in [1.29, 1.82) is 0 Å². The van der Waals surface area contributed by atoms with E-state index in [1.54, 1.807) is 12.1 Å². The van der Waals surface area contributed by atoms with Crippen LogP contribution in [0.3, 0.4) is 0 Å². The van der Waals surface area contributed by atoms with E-state index in [1.165, 1.54) is 12.1 Å². The van der Waals surface area contributed by atoms with Crippen LogP contribution in [0.1, 0.15) is 50.3 Å². The molecule has 3 amide bonds. The summed E-state index contributed by atoms with van der Waals surface area (Å²) in [6, 6.07) is 5.81. The van der Waals surface area contributed by atoms with E-state index in [-0.39, 0.29) is 30.2 Å². The number of carbonyl (C=O) groups is 2. The summed E-state index contributed by atoms with van der Waals surface area (Å²) in [5, 5.41) is 9.25. The minimum atomic E-state index is -0.419.